The van der Waals surface area contributed by atoms with Crippen molar-refractivity contribution < 1.29 is 33.8 Å². The Morgan fingerprint density at radius 3 is 2.35 bits per heavy atom. The van der Waals surface area contributed by atoms with Crippen molar-refractivity contribution in [2.45, 2.75) is 150 Å². The molecule has 0 radical (unpaired) electrons. The number of methoxy groups -OCH3 is 1. The van der Waals surface area contributed by atoms with Gasteiger partial charge in [-0.3, -0.25) is 19.2 Å². The Bertz CT molecular complexity index is 1330. The lowest BCUT2D eigenvalue weighted by Crippen LogP contribution is -2.54. The summed E-state index contributed by atoms with van der Waals surface area (Å²) in [5.41, 5.74) is 1.69. The molecule has 0 saturated heterocycles. The van der Waals surface area contributed by atoms with Gasteiger partial charge in [-0.25, -0.2) is 0 Å². The molecule has 2 aliphatic carbocycles. The zero-order valence-electron chi connectivity index (χ0n) is 31.2. The zero-order chi connectivity index (χ0) is 35.6. The number of carbonyl (C=O) groups excluding carboxylic acids is 4. The molecule has 7 nitrogen and oxygen atoms in total. The van der Waals surface area contributed by atoms with Crippen LogP contribution in [-0.2, 0) is 28.7 Å². The van der Waals surface area contributed by atoms with Gasteiger partial charge in [-0.15, -0.1) is 0 Å². The van der Waals surface area contributed by atoms with Crippen molar-refractivity contribution in [2.75, 3.05) is 7.11 Å². The van der Waals surface area contributed by atoms with Gasteiger partial charge in [0.15, 0.2) is 0 Å². The lowest BCUT2D eigenvalue weighted by atomic mass is 9.53. The predicted molar refractivity (Wildman–Crippen MR) is 188 cm³/mol. The molecule has 0 aromatic rings. The first-order valence-electron chi connectivity index (χ1n) is 18.6. The van der Waals surface area contributed by atoms with Crippen LogP contribution in [0.1, 0.15) is 132 Å². The second-order valence-corrected chi connectivity index (χ2v) is 16.5. The second kappa shape index (κ2) is 15.7. The third-order valence-electron chi connectivity index (χ3n) is 12.4. The maximum absolute atomic E-state index is 14.6. The van der Waals surface area contributed by atoms with Crippen LogP contribution in [0.2, 0.25) is 0 Å². The monoisotopic (exact) mass is 666 g/mol. The van der Waals surface area contributed by atoms with Gasteiger partial charge in [-0.1, -0.05) is 69.4 Å². The summed E-state index contributed by atoms with van der Waals surface area (Å²) < 4.78 is 12.1. The molecule has 1 N–H and O–H groups in total. The Morgan fingerprint density at radius 1 is 0.979 bits per heavy atom. The van der Waals surface area contributed by atoms with Crippen molar-refractivity contribution in [3.63, 3.8) is 0 Å². The van der Waals surface area contributed by atoms with E-state index in [1.807, 2.05) is 34.6 Å². The molecule has 2 heterocycles. The van der Waals surface area contributed by atoms with E-state index in [-0.39, 0.29) is 60.2 Å². The van der Waals surface area contributed by atoms with Gasteiger partial charge in [-0.05, 0) is 90.0 Å². The molecule has 0 aromatic heterocycles. The van der Waals surface area contributed by atoms with Crippen molar-refractivity contribution in [3.05, 3.63) is 34.4 Å². The zero-order valence-corrected chi connectivity index (χ0v) is 31.2. The summed E-state index contributed by atoms with van der Waals surface area (Å²) in [7, 11) is 1.36. The number of hydrogen-bond acceptors (Lipinski definition) is 7. The van der Waals surface area contributed by atoms with Crippen LogP contribution in [0.5, 0.6) is 0 Å². The highest BCUT2D eigenvalue weighted by molar-refractivity contribution is 5.97. The SMILES string of the molecule is COC(=O)[C@@]12CC(=O)[C@@H](C(C)C)CC(=O)[C@@H](C)CCC[C@@H](C)CC(=O)[C@@H]1CC(C)=C1CC[C@@](C)(O)C3CC=C(C)[C@@H](CC/C(C)=C\[C@H]12)O3. The number of hydrogen-bond donors (Lipinski definition) is 1. The van der Waals surface area contributed by atoms with Crippen molar-refractivity contribution in [2.24, 2.45) is 40.9 Å². The Labute approximate surface area is 289 Å². The summed E-state index contributed by atoms with van der Waals surface area (Å²) in [6.45, 7) is 16.0. The molecule has 9 atom stereocenters. The van der Waals surface area contributed by atoms with Gasteiger partial charge < -0.3 is 14.6 Å². The lowest BCUT2D eigenvalue weighted by molar-refractivity contribution is -0.166. The van der Waals surface area contributed by atoms with E-state index in [9.17, 15) is 24.3 Å². The molecule has 1 unspecified atom stereocenters. The standard InChI is InChI=1S/C41H62O7/c1-24(2)31-22-34(42)27(5)12-10-11-25(3)20-35(43)33-21-29(7)30-17-18-40(8,46)38-16-14-28(6)37(48-38)15-13-26(4)19-32(30)41(33,23-36(31)44)39(45)47-9/h14,19,24-25,27,31-33,37-38,46H,10-13,15-18,20-23H2,1-9H3/b26-19-/t25-,27+,31-,32-,33+,37-,38?,40-,41-/m1/s1. The average Bonchev–Trinajstić information content (AvgIpc) is 3.01. The quantitative estimate of drug-likeness (QED) is 0.235. The minimum absolute atomic E-state index is 0.00856. The largest absolute Gasteiger partial charge is 0.469 e. The fraction of sp³-hybridized carbons (Fsp3) is 0.756. The highest BCUT2D eigenvalue weighted by Crippen LogP contribution is 2.55. The molecule has 2 aliphatic heterocycles. The second-order valence-electron chi connectivity index (χ2n) is 16.5. The fourth-order valence-electron chi connectivity index (χ4n) is 9.03. The molecule has 0 spiro atoms. The first kappa shape index (κ1) is 38.4. The third-order valence-corrected chi connectivity index (χ3v) is 12.4. The highest BCUT2D eigenvalue weighted by atomic mass is 16.5. The van der Waals surface area contributed by atoms with Crippen LogP contribution in [0, 0.1) is 40.9 Å². The Morgan fingerprint density at radius 2 is 1.69 bits per heavy atom. The minimum Gasteiger partial charge on any atom is -0.469 e. The van der Waals surface area contributed by atoms with Crippen LogP contribution in [0.15, 0.2) is 34.4 Å². The molecule has 268 valence electrons. The maximum Gasteiger partial charge on any atom is 0.313 e. The number of ketones is 3. The summed E-state index contributed by atoms with van der Waals surface area (Å²) in [5, 5.41) is 11.8. The lowest BCUT2D eigenvalue weighted by Gasteiger charge is -2.49. The van der Waals surface area contributed by atoms with Crippen LogP contribution in [-0.4, -0.2) is 53.3 Å². The molecule has 4 aliphatic rings. The number of carbonyl (C=O) groups is 4. The van der Waals surface area contributed by atoms with Gasteiger partial charge in [0.2, 0.25) is 0 Å². The number of Topliss-reactive ketones (excluding diaryl/α,β-unsaturated/α-hetero) is 3. The van der Waals surface area contributed by atoms with Crippen molar-refractivity contribution in [3.8, 4) is 0 Å². The van der Waals surface area contributed by atoms with Crippen LogP contribution in [0.3, 0.4) is 0 Å². The Hall–Kier alpha value is -2.38. The normalized spacial score (nSPS) is 39.1. The first-order valence-corrected chi connectivity index (χ1v) is 18.6. The molecule has 1 saturated carbocycles. The van der Waals surface area contributed by atoms with Crippen molar-refractivity contribution in [1.29, 1.82) is 0 Å². The first-order chi connectivity index (χ1) is 22.5. The maximum atomic E-state index is 14.6. The molecule has 0 aromatic carbocycles. The molecular formula is C41H62O7. The van der Waals surface area contributed by atoms with E-state index < -0.39 is 34.7 Å². The smallest absolute Gasteiger partial charge is 0.313 e. The van der Waals surface area contributed by atoms with E-state index >= 15 is 0 Å². The summed E-state index contributed by atoms with van der Waals surface area (Å²) in [6.07, 6.45) is 9.87. The van der Waals surface area contributed by atoms with E-state index in [4.69, 9.17) is 9.47 Å². The van der Waals surface area contributed by atoms with Gasteiger partial charge in [0.25, 0.3) is 0 Å². The van der Waals surface area contributed by atoms with Crippen LogP contribution >= 0.6 is 0 Å². The number of rotatable bonds is 2. The van der Waals surface area contributed by atoms with E-state index in [0.717, 1.165) is 48.0 Å². The van der Waals surface area contributed by atoms with Gasteiger partial charge in [0, 0.05) is 42.9 Å². The van der Waals surface area contributed by atoms with Crippen LogP contribution in [0.25, 0.3) is 0 Å². The molecule has 2 bridgehead atoms. The highest BCUT2D eigenvalue weighted by Gasteiger charge is 2.59. The van der Waals surface area contributed by atoms with Crippen LogP contribution < -0.4 is 0 Å². The van der Waals surface area contributed by atoms with Gasteiger partial charge in [0.1, 0.15) is 17.3 Å². The van der Waals surface area contributed by atoms with Crippen LogP contribution in [0.4, 0.5) is 0 Å². The molecular weight excluding hydrogens is 604 g/mol. The summed E-state index contributed by atoms with van der Waals surface area (Å²) in [5.74, 6) is -2.62. The number of aliphatic hydroxyl groups is 1. The fourth-order valence-corrected chi connectivity index (χ4v) is 9.03. The molecule has 48 heavy (non-hydrogen) atoms. The predicted octanol–water partition coefficient (Wildman–Crippen LogP) is 8.08. The molecule has 1 fully saturated rings. The summed E-state index contributed by atoms with van der Waals surface area (Å²) in [6, 6.07) is 0. The topological polar surface area (TPSA) is 107 Å². The minimum atomic E-state index is -1.46. The number of esters is 1. The number of ether oxygens (including phenoxy) is 2. The Balaban J connectivity index is 1.94. The number of fused-ring (bicyclic) bond motifs is 5. The average molecular weight is 667 g/mol. The van der Waals surface area contributed by atoms with Crippen molar-refractivity contribution >= 4 is 23.3 Å². The van der Waals surface area contributed by atoms with Crippen molar-refractivity contribution in [1.82, 2.24) is 0 Å². The van der Waals surface area contributed by atoms with E-state index in [1.54, 1.807) is 0 Å². The summed E-state index contributed by atoms with van der Waals surface area (Å²) in [4.78, 5) is 57.3. The van der Waals surface area contributed by atoms with Gasteiger partial charge in [0.05, 0.1) is 30.3 Å². The van der Waals surface area contributed by atoms with E-state index in [2.05, 4.69) is 32.9 Å². The molecule has 7 heteroatoms. The van der Waals surface area contributed by atoms with Gasteiger partial charge in [-0.2, -0.15) is 0 Å². The summed E-state index contributed by atoms with van der Waals surface area (Å²) >= 11 is 0. The van der Waals surface area contributed by atoms with Gasteiger partial charge >= 0.3 is 5.97 Å². The van der Waals surface area contributed by atoms with E-state index in [0.29, 0.717) is 38.5 Å². The Kier molecular flexibility index (Phi) is 12.5. The number of allylic oxidation sites excluding steroid dienone is 4. The van der Waals surface area contributed by atoms with E-state index in [1.165, 1.54) is 7.11 Å². The molecule has 0 amide bonds. The molecule has 4 rings (SSSR count). The third kappa shape index (κ3) is 8.15.